The first-order chi connectivity index (χ1) is 14.2. The number of fused-ring (bicyclic) bond motifs is 9. The van der Waals surface area contributed by atoms with Crippen LogP contribution in [0.15, 0.2) is 24.3 Å². The highest BCUT2D eigenvalue weighted by atomic mass is 16.5. The maximum absolute atomic E-state index is 12.6. The van der Waals surface area contributed by atoms with Gasteiger partial charge in [-0.15, -0.1) is 0 Å². The fourth-order valence-corrected chi connectivity index (χ4v) is 4.47. The number of nitrogens with zero attached hydrogens (tertiary/aromatic N) is 2. The first-order valence-corrected chi connectivity index (χ1v) is 11.0. The van der Waals surface area contributed by atoms with Crippen LogP contribution in [-0.2, 0) is 16.1 Å². The van der Waals surface area contributed by atoms with E-state index in [-0.39, 0.29) is 17.9 Å². The third-order valence-corrected chi connectivity index (χ3v) is 6.50. The predicted octanol–water partition coefficient (Wildman–Crippen LogP) is 2.69. The van der Waals surface area contributed by atoms with E-state index in [1.54, 1.807) is 7.11 Å². The SMILES string of the molecule is COCCC(=O)N1CCCCC2(CO)CCN(CC2)Cc2ccccc2OCC1. The van der Waals surface area contributed by atoms with Gasteiger partial charge in [0.1, 0.15) is 12.4 Å². The lowest BCUT2D eigenvalue weighted by Crippen LogP contribution is -2.41. The fraction of sp³-hybridized carbons (Fsp3) is 0.696. The quantitative estimate of drug-likeness (QED) is 0.836. The lowest BCUT2D eigenvalue weighted by Gasteiger charge is -2.41. The van der Waals surface area contributed by atoms with Crippen molar-refractivity contribution in [3.8, 4) is 5.75 Å². The first kappa shape index (κ1) is 22.1. The molecule has 1 amide bonds. The van der Waals surface area contributed by atoms with Gasteiger partial charge in [-0.1, -0.05) is 24.6 Å². The molecule has 29 heavy (non-hydrogen) atoms. The van der Waals surface area contributed by atoms with Gasteiger partial charge in [-0.3, -0.25) is 9.69 Å². The molecule has 0 spiro atoms. The standard InChI is InChI=1S/C23H36N2O4/c1-28-16-8-22(27)25-12-5-4-9-23(19-26)10-13-24(14-11-23)18-20-6-2-3-7-21(20)29-17-15-25/h2-3,6-7,26H,4-5,8-19H2,1H3. The van der Waals surface area contributed by atoms with Crippen molar-refractivity contribution in [2.24, 2.45) is 5.41 Å². The first-order valence-electron chi connectivity index (χ1n) is 11.0. The highest BCUT2D eigenvalue weighted by Crippen LogP contribution is 2.37. The van der Waals surface area contributed by atoms with Gasteiger partial charge in [0.2, 0.25) is 5.91 Å². The number of ether oxygens (including phenoxy) is 2. The van der Waals surface area contributed by atoms with Gasteiger partial charge < -0.3 is 19.5 Å². The van der Waals surface area contributed by atoms with Crippen molar-refractivity contribution >= 4 is 5.91 Å². The second-order valence-corrected chi connectivity index (χ2v) is 8.47. The number of hydrogen-bond acceptors (Lipinski definition) is 5. The van der Waals surface area contributed by atoms with Crippen molar-refractivity contribution < 1.29 is 19.4 Å². The molecule has 3 aliphatic heterocycles. The molecule has 3 aliphatic rings. The summed E-state index contributed by atoms with van der Waals surface area (Å²) < 4.78 is 11.2. The van der Waals surface area contributed by atoms with E-state index < -0.39 is 0 Å². The molecule has 0 saturated carbocycles. The van der Waals surface area contributed by atoms with Gasteiger partial charge in [-0.05, 0) is 50.3 Å². The Morgan fingerprint density at radius 2 is 1.93 bits per heavy atom. The highest BCUT2D eigenvalue weighted by Gasteiger charge is 2.33. The number of aliphatic hydroxyl groups is 1. The molecule has 0 unspecified atom stereocenters. The van der Waals surface area contributed by atoms with Gasteiger partial charge in [0, 0.05) is 32.4 Å². The maximum atomic E-state index is 12.6. The van der Waals surface area contributed by atoms with Crippen molar-refractivity contribution in [2.75, 3.05) is 53.1 Å². The molecular weight excluding hydrogens is 368 g/mol. The molecule has 1 N–H and O–H groups in total. The van der Waals surface area contributed by atoms with Crippen molar-refractivity contribution in [1.82, 2.24) is 9.80 Å². The number of benzene rings is 1. The van der Waals surface area contributed by atoms with Crippen LogP contribution >= 0.6 is 0 Å². The zero-order valence-corrected chi connectivity index (χ0v) is 17.8. The summed E-state index contributed by atoms with van der Waals surface area (Å²) in [6.07, 6.45) is 5.50. The molecule has 1 aromatic carbocycles. The summed E-state index contributed by atoms with van der Waals surface area (Å²) in [5.41, 5.74) is 1.23. The average Bonchev–Trinajstić information content (AvgIpc) is 2.76. The van der Waals surface area contributed by atoms with E-state index in [1.165, 1.54) is 5.56 Å². The Kier molecular flexibility index (Phi) is 8.33. The average molecular weight is 405 g/mol. The van der Waals surface area contributed by atoms with Crippen molar-refractivity contribution in [2.45, 2.75) is 45.1 Å². The van der Waals surface area contributed by atoms with E-state index >= 15 is 0 Å². The number of carbonyl (C=O) groups is 1. The summed E-state index contributed by atoms with van der Waals surface area (Å²) in [5.74, 6) is 1.03. The van der Waals surface area contributed by atoms with Gasteiger partial charge >= 0.3 is 0 Å². The minimum Gasteiger partial charge on any atom is -0.491 e. The van der Waals surface area contributed by atoms with Crippen molar-refractivity contribution in [3.05, 3.63) is 29.8 Å². The van der Waals surface area contributed by atoms with Gasteiger partial charge in [-0.2, -0.15) is 0 Å². The Morgan fingerprint density at radius 3 is 2.69 bits per heavy atom. The van der Waals surface area contributed by atoms with Crippen LogP contribution < -0.4 is 4.74 Å². The van der Waals surface area contributed by atoms with E-state index in [9.17, 15) is 9.90 Å². The Morgan fingerprint density at radius 1 is 1.14 bits per heavy atom. The Labute approximate surface area is 174 Å². The molecule has 0 aliphatic carbocycles. The van der Waals surface area contributed by atoms with Crippen LogP contribution in [0.5, 0.6) is 5.75 Å². The third-order valence-electron chi connectivity index (χ3n) is 6.50. The van der Waals surface area contributed by atoms with E-state index in [1.807, 2.05) is 17.0 Å². The van der Waals surface area contributed by atoms with Crippen LogP contribution in [0.2, 0.25) is 0 Å². The Bertz CT molecular complexity index is 644. The summed E-state index contributed by atoms with van der Waals surface area (Å²) >= 11 is 0. The summed E-state index contributed by atoms with van der Waals surface area (Å²) in [7, 11) is 1.62. The predicted molar refractivity (Wildman–Crippen MR) is 113 cm³/mol. The number of para-hydroxylation sites is 1. The van der Waals surface area contributed by atoms with E-state index in [2.05, 4.69) is 17.0 Å². The number of carbonyl (C=O) groups excluding carboxylic acids is 1. The lowest BCUT2D eigenvalue weighted by molar-refractivity contribution is -0.132. The summed E-state index contributed by atoms with van der Waals surface area (Å²) in [6, 6.07) is 8.20. The normalized spacial score (nSPS) is 26.1. The van der Waals surface area contributed by atoms with Crippen molar-refractivity contribution in [3.63, 3.8) is 0 Å². The van der Waals surface area contributed by atoms with E-state index in [0.717, 1.165) is 64.0 Å². The number of methoxy groups -OCH3 is 1. The molecule has 2 bridgehead atoms. The van der Waals surface area contributed by atoms with Crippen LogP contribution in [0.25, 0.3) is 0 Å². The van der Waals surface area contributed by atoms with E-state index in [0.29, 0.717) is 26.2 Å². The molecule has 0 aromatic heterocycles. The third kappa shape index (κ3) is 6.17. The number of rotatable bonds is 4. The fourth-order valence-electron chi connectivity index (χ4n) is 4.47. The summed E-state index contributed by atoms with van der Waals surface area (Å²) in [4.78, 5) is 17.0. The molecule has 0 atom stereocenters. The molecule has 1 saturated heterocycles. The van der Waals surface area contributed by atoms with Crippen LogP contribution in [-0.4, -0.2) is 73.9 Å². The Balaban J connectivity index is 1.73. The number of aliphatic hydroxyl groups excluding tert-OH is 1. The summed E-state index contributed by atoms with van der Waals surface area (Å²) in [6.45, 7) is 5.42. The molecule has 162 valence electrons. The van der Waals surface area contributed by atoms with Gasteiger partial charge in [0.15, 0.2) is 0 Å². The largest absolute Gasteiger partial charge is 0.491 e. The van der Waals surface area contributed by atoms with Crippen molar-refractivity contribution in [1.29, 1.82) is 0 Å². The molecule has 6 heteroatoms. The van der Waals surface area contributed by atoms with Crippen LogP contribution in [0, 0.1) is 5.41 Å². The molecule has 3 heterocycles. The zero-order valence-electron chi connectivity index (χ0n) is 17.8. The lowest BCUT2D eigenvalue weighted by atomic mass is 9.75. The number of piperidine rings is 1. The van der Waals surface area contributed by atoms with Gasteiger partial charge in [-0.25, -0.2) is 0 Å². The molecule has 1 aromatic rings. The molecular formula is C23H36N2O4. The molecule has 1 fully saturated rings. The smallest absolute Gasteiger partial charge is 0.225 e. The van der Waals surface area contributed by atoms with Gasteiger partial charge in [0.25, 0.3) is 0 Å². The van der Waals surface area contributed by atoms with Gasteiger partial charge in [0.05, 0.1) is 19.6 Å². The number of hydrogen-bond donors (Lipinski definition) is 1. The number of amides is 1. The second kappa shape index (κ2) is 11.0. The highest BCUT2D eigenvalue weighted by molar-refractivity contribution is 5.76. The topological polar surface area (TPSA) is 62.2 Å². The summed E-state index contributed by atoms with van der Waals surface area (Å²) in [5, 5.41) is 10.1. The van der Waals surface area contributed by atoms with E-state index in [4.69, 9.17) is 9.47 Å². The molecule has 0 radical (unpaired) electrons. The minimum atomic E-state index is 0.0393. The van der Waals surface area contributed by atoms with Crippen LogP contribution in [0.3, 0.4) is 0 Å². The second-order valence-electron chi connectivity index (χ2n) is 8.47. The van der Waals surface area contributed by atoms with Crippen LogP contribution in [0.4, 0.5) is 0 Å². The molecule has 4 rings (SSSR count). The van der Waals surface area contributed by atoms with Crippen LogP contribution in [0.1, 0.15) is 44.1 Å². The zero-order chi connectivity index (χ0) is 20.5. The maximum Gasteiger partial charge on any atom is 0.225 e. The monoisotopic (exact) mass is 404 g/mol. The molecule has 6 nitrogen and oxygen atoms in total. The minimum absolute atomic E-state index is 0.0393. The Hall–Kier alpha value is -1.63.